The molecule has 1 saturated heterocycles. The number of aliphatic carboxylic acids is 1. The summed E-state index contributed by atoms with van der Waals surface area (Å²) >= 11 is 6.16. The quantitative estimate of drug-likeness (QED) is 0.628. The van der Waals surface area contributed by atoms with Gasteiger partial charge < -0.3 is 9.84 Å². The Morgan fingerprint density at radius 3 is 2.61 bits per heavy atom. The number of amides is 1. The van der Waals surface area contributed by atoms with Crippen LogP contribution in [0.25, 0.3) is 6.08 Å². The molecule has 1 aliphatic heterocycles. The van der Waals surface area contributed by atoms with Crippen molar-refractivity contribution in [2.24, 2.45) is 5.92 Å². The topological polar surface area (TPSA) is 66.8 Å². The van der Waals surface area contributed by atoms with Crippen molar-refractivity contribution in [3.63, 3.8) is 0 Å². The van der Waals surface area contributed by atoms with Gasteiger partial charge in [-0.2, -0.15) is 0 Å². The standard InChI is InChI=1S/C16H17NO4S2/c1-10(2)9-21-12-5-3-11(4-6-12)7-13-15(20)17(8-14(18)19)16(22)23-13/h3-7,10H,8-9H2,1-2H3,(H,18,19)/b13-7+. The molecule has 0 aliphatic carbocycles. The van der Waals surface area contributed by atoms with Gasteiger partial charge in [0.1, 0.15) is 16.6 Å². The molecule has 1 aromatic carbocycles. The number of rotatable bonds is 6. The number of carbonyl (C=O) groups is 2. The number of hydrogen-bond acceptors (Lipinski definition) is 5. The summed E-state index contributed by atoms with van der Waals surface area (Å²) in [6, 6.07) is 7.37. The molecule has 5 nitrogen and oxygen atoms in total. The lowest BCUT2D eigenvalue weighted by atomic mass is 10.2. The third-order valence-electron chi connectivity index (χ3n) is 2.93. The van der Waals surface area contributed by atoms with Gasteiger partial charge in [-0.05, 0) is 29.7 Å². The highest BCUT2D eigenvalue weighted by molar-refractivity contribution is 8.26. The smallest absolute Gasteiger partial charge is 0.323 e. The van der Waals surface area contributed by atoms with Gasteiger partial charge in [0, 0.05) is 0 Å². The van der Waals surface area contributed by atoms with Gasteiger partial charge in [0.15, 0.2) is 0 Å². The zero-order chi connectivity index (χ0) is 17.0. The number of ether oxygens (including phenoxy) is 1. The minimum atomic E-state index is -1.09. The van der Waals surface area contributed by atoms with E-state index in [2.05, 4.69) is 13.8 Å². The maximum atomic E-state index is 12.2. The average molecular weight is 351 g/mol. The molecule has 122 valence electrons. The Morgan fingerprint density at radius 2 is 2.04 bits per heavy atom. The van der Waals surface area contributed by atoms with Crippen molar-refractivity contribution in [3.05, 3.63) is 34.7 Å². The van der Waals surface area contributed by atoms with Crippen LogP contribution in [0.4, 0.5) is 0 Å². The van der Waals surface area contributed by atoms with Crippen LogP contribution >= 0.6 is 24.0 Å². The van der Waals surface area contributed by atoms with Crippen LogP contribution in [0, 0.1) is 5.92 Å². The highest BCUT2D eigenvalue weighted by Gasteiger charge is 2.33. The van der Waals surface area contributed by atoms with Crippen LogP contribution in [0.15, 0.2) is 29.2 Å². The first-order chi connectivity index (χ1) is 10.9. The maximum Gasteiger partial charge on any atom is 0.323 e. The molecule has 1 aliphatic rings. The molecular weight excluding hydrogens is 334 g/mol. The summed E-state index contributed by atoms with van der Waals surface area (Å²) in [4.78, 5) is 24.4. The second kappa shape index (κ2) is 7.61. The first kappa shape index (κ1) is 17.5. The van der Waals surface area contributed by atoms with Gasteiger partial charge in [0.05, 0.1) is 11.5 Å². The lowest BCUT2D eigenvalue weighted by Gasteiger charge is -2.10. The highest BCUT2D eigenvalue weighted by atomic mass is 32.2. The van der Waals surface area contributed by atoms with Crippen LogP contribution in [-0.2, 0) is 9.59 Å². The summed E-state index contributed by atoms with van der Waals surface area (Å²) in [5.74, 6) is -0.239. The van der Waals surface area contributed by atoms with Crippen LogP contribution in [-0.4, -0.2) is 39.4 Å². The Morgan fingerprint density at radius 1 is 1.39 bits per heavy atom. The van der Waals surface area contributed by atoms with E-state index < -0.39 is 12.5 Å². The summed E-state index contributed by atoms with van der Waals surface area (Å²) in [5, 5.41) is 8.81. The second-order valence-corrected chi connectivity index (χ2v) is 7.11. The molecule has 0 atom stereocenters. The van der Waals surface area contributed by atoms with E-state index >= 15 is 0 Å². The molecular formula is C16H17NO4S2. The molecule has 0 saturated carbocycles. The third-order valence-corrected chi connectivity index (χ3v) is 4.31. The summed E-state index contributed by atoms with van der Waals surface area (Å²) in [6.45, 7) is 4.39. The lowest BCUT2D eigenvalue weighted by Crippen LogP contribution is -2.33. The van der Waals surface area contributed by atoms with Crippen LogP contribution in [0.1, 0.15) is 19.4 Å². The fourth-order valence-corrected chi connectivity index (χ4v) is 3.10. The van der Waals surface area contributed by atoms with E-state index in [0.29, 0.717) is 17.4 Å². The van der Waals surface area contributed by atoms with Crippen LogP contribution in [0.3, 0.4) is 0 Å². The first-order valence-electron chi connectivity index (χ1n) is 7.07. The number of carboxylic acids is 1. The predicted octanol–water partition coefficient (Wildman–Crippen LogP) is 3.01. The molecule has 1 fully saturated rings. The SMILES string of the molecule is CC(C)COc1ccc(/C=C2/SC(=S)N(CC(=O)O)C2=O)cc1. The molecule has 1 N–H and O–H groups in total. The molecule has 23 heavy (non-hydrogen) atoms. The van der Waals surface area contributed by atoms with Crippen LogP contribution in [0.2, 0.25) is 0 Å². The van der Waals surface area contributed by atoms with Crippen molar-refractivity contribution in [1.29, 1.82) is 0 Å². The molecule has 7 heteroatoms. The highest BCUT2D eigenvalue weighted by Crippen LogP contribution is 2.32. The molecule has 2 rings (SSSR count). The maximum absolute atomic E-state index is 12.2. The van der Waals surface area contributed by atoms with Gasteiger partial charge in [-0.15, -0.1) is 0 Å². The van der Waals surface area contributed by atoms with E-state index in [1.807, 2.05) is 24.3 Å². The normalized spacial score (nSPS) is 16.5. The number of thiocarbonyl (C=S) groups is 1. The van der Waals surface area contributed by atoms with Gasteiger partial charge in [0.2, 0.25) is 0 Å². The number of hydrogen-bond donors (Lipinski definition) is 1. The molecule has 0 radical (unpaired) electrons. The third kappa shape index (κ3) is 4.80. The number of benzene rings is 1. The van der Waals surface area contributed by atoms with Crippen molar-refractivity contribution >= 4 is 46.3 Å². The van der Waals surface area contributed by atoms with E-state index in [1.54, 1.807) is 6.08 Å². The van der Waals surface area contributed by atoms with Crippen molar-refractivity contribution in [2.75, 3.05) is 13.2 Å². The van der Waals surface area contributed by atoms with Crippen molar-refractivity contribution < 1.29 is 19.4 Å². The number of nitrogens with zero attached hydrogens (tertiary/aromatic N) is 1. The van der Waals surface area contributed by atoms with Gasteiger partial charge in [-0.1, -0.05) is 50.0 Å². The van der Waals surface area contributed by atoms with Crippen molar-refractivity contribution in [3.8, 4) is 5.75 Å². The summed E-state index contributed by atoms with van der Waals surface area (Å²) < 4.78 is 5.87. The number of thioether (sulfide) groups is 1. The van der Waals surface area contributed by atoms with Crippen LogP contribution < -0.4 is 4.74 Å². The predicted molar refractivity (Wildman–Crippen MR) is 94.3 cm³/mol. The Hall–Kier alpha value is -1.86. The monoisotopic (exact) mass is 351 g/mol. The first-order valence-corrected chi connectivity index (χ1v) is 8.29. The van der Waals surface area contributed by atoms with E-state index in [9.17, 15) is 9.59 Å². The van der Waals surface area contributed by atoms with E-state index in [-0.39, 0.29) is 10.2 Å². The number of carbonyl (C=O) groups excluding carboxylic acids is 1. The van der Waals surface area contributed by atoms with Gasteiger partial charge in [-0.25, -0.2) is 0 Å². The Labute approximate surface area is 144 Å². The zero-order valence-corrected chi connectivity index (χ0v) is 14.4. The van der Waals surface area contributed by atoms with Gasteiger partial charge in [0.25, 0.3) is 5.91 Å². The van der Waals surface area contributed by atoms with Gasteiger partial charge >= 0.3 is 5.97 Å². The molecule has 1 aromatic rings. The second-order valence-electron chi connectivity index (χ2n) is 5.44. The number of carboxylic acid groups (broad SMARTS) is 1. The molecule has 0 spiro atoms. The molecule has 0 unspecified atom stereocenters. The van der Waals surface area contributed by atoms with E-state index in [1.165, 1.54) is 0 Å². The minimum absolute atomic E-state index is 0.264. The summed E-state index contributed by atoms with van der Waals surface area (Å²) in [7, 11) is 0. The fourth-order valence-electron chi connectivity index (χ4n) is 1.85. The minimum Gasteiger partial charge on any atom is -0.493 e. The largest absolute Gasteiger partial charge is 0.493 e. The van der Waals surface area contributed by atoms with E-state index in [0.717, 1.165) is 28.0 Å². The van der Waals surface area contributed by atoms with Crippen LogP contribution in [0.5, 0.6) is 5.75 Å². The molecule has 1 heterocycles. The van der Waals surface area contributed by atoms with Crippen molar-refractivity contribution in [1.82, 2.24) is 4.90 Å². The zero-order valence-electron chi connectivity index (χ0n) is 12.8. The fraction of sp³-hybridized carbons (Fsp3) is 0.312. The Kier molecular flexibility index (Phi) is 5.79. The van der Waals surface area contributed by atoms with Crippen molar-refractivity contribution in [2.45, 2.75) is 13.8 Å². The molecule has 0 aromatic heterocycles. The molecule has 0 bridgehead atoms. The molecule has 1 amide bonds. The van der Waals surface area contributed by atoms with Gasteiger partial charge in [-0.3, -0.25) is 14.5 Å². The lowest BCUT2D eigenvalue weighted by molar-refractivity contribution is -0.140. The summed E-state index contributed by atoms with van der Waals surface area (Å²) in [6.07, 6.45) is 1.70. The summed E-state index contributed by atoms with van der Waals surface area (Å²) in [5.41, 5.74) is 0.831. The Bertz CT molecular complexity index is 653. The van der Waals surface area contributed by atoms with E-state index in [4.69, 9.17) is 22.1 Å². The average Bonchev–Trinajstić information content (AvgIpc) is 2.74. The Balaban J connectivity index is 2.08.